The zero-order valence-electron chi connectivity index (χ0n) is 14.4. The molecule has 24 heavy (non-hydrogen) atoms. The minimum atomic E-state index is -0.474. The molecule has 1 heterocycles. The monoisotopic (exact) mass is 328 g/mol. The van der Waals surface area contributed by atoms with Gasteiger partial charge >= 0.3 is 0 Å². The molecule has 0 saturated heterocycles. The van der Waals surface area contributed by atoms with E-state index < -0.39 is 4.92 Å². The second kappa shape index (κ2) is 7.21. The Bertz CT molecular complexity index is 800. The Balaban J connectivity index is 2.24. The molecule has 0 aliphatic heterocycles. The summed E-state index contributed by atoms with van der Waals surface area (Å²) in [6.45, 7) is 7.75. The lowest BCUT2D eigenvalue weighted by Gasteiger charge is -2.08. The van der Waals surface area contributed by atoms with Gasteiger partial charge in [-0.1, -0.05) is 6.92 Å². The lowest BCUT2D eigenvalue weighted by molar-refractivity contribution is -0.690. The van der Waals surface area contributed by atoms with Gasteiger partial charge in [-0.25, -0.2) is 0 Å². The SMILES string of the molecule is CCc1ccc(C)[n+](CC(=O)Nc2cc(C)c(C)cc2[N+](=O)[O-])c1. The molecule has 0 fully saturated rings. The summed E-state index contributed by atoms with van der Waals surface area (Å²) in [5, 5.41) is 13.9. The fourth-order valence-electron chi connectivity index (χ4n) is 2.44. The lowest BCUT2D eigenvalue weighted by Crippen LogP contribution is -2.43. The van der Waals surface area contributed by atoms with Crippen LogP contribution in [-0.2, 0) is 17.8 Å². The largest absolute Gasteiger partial charge is 0.315 e. The minimum Gasteiger partial charge on any atom is -0.315 e. The van der Waals surface area contributed by atoms with Gasteiger partial charge in [0.1, 0.15) is 5.69 Å². The van der Waals surface area contributed by atoms with Crippen LogP contribution in [0.25, 0.3) is 0 Å². The van der Waals surface area contributed by atoms with Gasteiger partial charge < -0.3 is 5.32 Å². The average molecular weight is 328 g/mol. The summed E-state index contributed by atoms with van der Waals surface area (Å²) >= 11 is 0. The Morgan fingerprint density at radius 3 is 2.50 bits per heavy atom. The van der Waals surface area contributed by atoms with Crippen LogP contribution in [0.2, 0.25) is 0 Å². The topological polar surface area (TPSA) is 76.1 Å². The van der Waals surface area contributed by atoms with Crippen LogP contribution in [-0.4, -0.2) is 10.8 Å². The van der Waals surface area contributed by atoms with Crippen molar-refractivity contribution < 1.29 is 14.3 Å². The van der Waals surface area contributed by atoms with Crippen molar-refractivity contribution in [3.63, 3.8) is 0 Å². The first-order chi connectivity index (χ1) is 11.3. The number of nitrogens with one attached hydrogen (secondary N) is 1. The van der Waals surface area contributed by atoms with E-state index in [1.54, 1.807) is 6.07 Å². The van der Waals surface area contributed by atoms with Crippen LogP contribution in [0.1, 0.15) is 29.3 Å². The number of nitrogens with zero attached hydrogens (tertiary/aromatic N) is 2. The van der Waals surface area contributed by atoms with Crippen molar-refractivity contribution >= 4 is 17.3 Å². The summed E-state index contributed by atoms with van der Waals surface area (Å²) in [6.07, 6.45) is 2.81. The molecule has 0 aliphatic carbocycles. The number of nitro benzene ring substituents is 1. The van der Waals surface area contributed by atoms with Crippen LogP contribution < -0.4 is 9.88 Å². The van der Waals surface area contributed by atoms with E-state index >= 15 is 0 Å². The van der Waals surface area contributed by atoms with Gasteiger partial charge in [-0.2, -0.15) is 4.57 Å². The van der Waals surface area contributed by atoms with Crippen LogP contribution in [0, 0.1) is 30.9 Å². The summed E-state index contributed by atoms with van der Waals surface area (Å²) < 4.78 is 1.85. The number of pyridine rings is 1. The second-order valence-corrected chi connectivity index (χ2v) is 5.92. The molecule has 126 valence electrons. The van der Waals surface area contributed by atoms with E-state index in [0.717, 1.165) is 28.8 Å². The zero-order chi connectivity index (χ0) is 17.9. The van der Waals surface area contributed by atoms with E-state index in [1.807, 2.05) is 50.6 Å². The molecule has 1 N–H and O–H groups in total. The van der Waals surface area contributed by atoms with Crippen molar-refractivity contribution in [3.8, 4) is 0 Å². The maximum absolute atomic E-state index is 12.4. The molecule has 1 amide bonds. The van der Waals surface area contributed by atoms with E-state index in [1.165, 1.54) is 6.07 Å². The summed E-state index contributed by atoms with van der Waals surface area (Å²) in [5.41, 5.74) is 3.95. The number of benzene rings is 1. The normalized spacial score (nSPS) is 10.5. The second-order valence-electron chi connectivity index (χ2n) is 5.92. The highest BCUT2D eigenvalue weighted by molar-refractivity contribution is 5.92. The fourth-order valence-corrected chi connectivity index (χ4v) is 2.44. The van der Waals surface area contributed by atoms with E-state index in [4.69, 9.17) is 0 Å². The Labute approximate surface area is 141 Å². The van der Waals surface area contributed by atoms with Crippen molar-refractivity contribution in [2.24, 2.45) is 0 Å². The van der Waals surface area contributed by atoms with Gasteiger partial charge in [0.2, 0.25) is 6.54 Å². The number of aryl methyl sites for hydroxylation is 4. The molecule has 0 unspecified atom stereocenters. The van der Waals surface area contributed by atoms with Gasteiger partial charge in [0.15, 0.2) is 11.9 Å². The van der Waals surface area contributed by atoms with Crippen molar-refractivity contribution in [1.82, 2.24) is 0 Å². The van der Waals surface area contributed by atoms with E-state index in [0.29, 0.717) is 0 Å². The van der Waals surface area contributed by atoms with Gasteiger partial charge in [-0.05, 0) is 43.5 Å². The highest BCUT2D eigenvalue weighted by Crippen LogP contribution is 2.27. The first-order valence-corrected chi connectivity index (χ1v) is 7.86. The molecule has 1 aromatic carbocycles. The maximum Gasteiger partial charge on any atom is 0.293 e. The quantitative estimate of drug-likeness (QED) is 0.521. The number of aromatic nitrogens is 1. The van der Waals surface area contributed by atoms with Gasteiger partial charge in [-0.3, -0.25) is 14.9 Å². The fraction of sp³-hybridized carbons (Fsp3) is 0.333. The van der Waals surface area contributed by atoms with Gasteiger partial charge in [0.05, 0.1) is 4.92 Å². The highest BCUT2D eigenvalue weighted by atomic mass is 16.6. The van der Waals surface area contributed by atoms with Crippen LogP contribution in [0.15, 0.2) is 30.5 Å². The standard InChI is InChI=1S/C18H21N3O3/c1-5-15-7-6-14(4)20(10-15)11-18(22)19-16-8-12(2)13(3)9-17(16)21(23)24/h6-10H,5,11H2,1-4H3/p+1. The molecule has 0 atom stereocenters. The van der Waals surface area contributed by atoms with Crippen molar-refractivity contribution in [2.75, 3.05) is 5.32 Å². The van der Waals surface area contributed by atoms with Crippen molar-refractivity contribution in [2.45, 2.75) is 40.7 Å². The number of carbonyl (C=O) groups is 1. The maximum atomic E-state index is 12.4. The number of carbonyl (C=O) groups excluding carboxylic acids is 1. The van der Waals surface area contributed by atoms with E-state index in [2.05, 4.69) is 5.32 Å². The molecule has 0 aliphatic rings. The molecule has 0 saturated carbocycles. The summed E-state index contributed by atoms with van der Waals surface area (Å²) in [7, 11) is 0. The zero-order valence-corrected chi connectivity index (χ0v) is 14.4. The van der Waals surface area contributed by atoms with Gasteiger partial charge in [0, 0.05) is 24.6 Å². The first-order valence-electron chi connectivity index (χ1n) is 7.86. The third-order valence-electron chi connectivity index (χ3n) is 4.12. The van der Waals surface area contributed by atoms with E-state index in [-0.39, 0.29) is 23.8 Å². The molecule has 2 rings (SSSR count). The molecular weight excluding hydrogens is 306 g/mol. The predicted octanol–water partition coefficient (Wildman–Crippen LogP) is 3.01. The Kier molecular flexibility index (Phi) is 5.28. The third-order valence-corrected chi connectivity index (χ3v) is 4.12. The smallest absolute Gasteiger partial charge is 0.293 e. The summed E-state index contributed by atoms with van der Waals surface area (Å²) in [4.78, 5) is 23.1. The highest BCUT2D eigenvalue weighted by Gasteiger charge is 2.20. The van der Waals surface area contributed by atoms with Crippen LogP contribution in [0.4, 0.5) is 11.4 Å². The van der Waals surface area contributed by atoms with Gasteiger partial charge in [0.25, 0.3) is 11.6 Å². The molecule has 0 spiro atoms. The Morgan fingerprint density at radius 1 is 1.21 bits per heavy atom. The lowest BCUT2D eigenvalue weighted by atomic mass is 10.1. The number of hydrogen-bond acceptors (Lipinski definition) is 3. The van der Waals surface area contributed by atoms with E-state index in [9.17, 15) is 14.9 Å². The number of amides is 1. The number of hydrogen-bond donors (Lipinski definition) is 1. The van der Waals surface area contributed by atoms with Crippen molar-refractivity contribution in [1.29, 1.82) is 0 Å². The van der Waals surface area contributed by atoms with Crippen molar-refractivity contribution in [3.05, 3.63) is 63.0 Å². The third kappa shape index (κ3) is 3.95. The number of anilines is 1. The van der Waals surface area contributed by atoms with Gasteiger partial charge in [-0.15, -0.1) is 0 Å². The Hall–Kier alpha value is -2.76. The number of nitro groups is 1. The summed E-state index contributed by atoms with van der Waals surface area (Å²) in [6, 6.07) is 7.12. The predicted molar refractivity (Wildman–Crippen MR) is 92.0 cm³/mol. The molecular formula is C18H22N3O3+. The average Bonchev–Trinajstić information content (AvgIpc) is 2.52. The molecule has 0 radical (unpaired) electrons. The molecule has 2 aromatic rings. The molecule has 6 heteroatoms. The van der Waals surface area contributed by atoms with Crippen LogP contribution in [0.5, 0.6) is 0 Å². The van der Waals surface area contributed by atoms with Crippen LogP contribution in [0.3, 0.4) is 0 Å². The molecule has 1 aromatic heterocycles. The summed E-state index contributed by atoms with van der Waals surface area (Å²) in [5.74, 6) is -0.289. The first kappa shape index (κ1) is 17.6. The number of rotatable bonds is 5. The molecule has 0 bridgehead atoms. The minimum absolute atomic E-state index is 0.0875. The van der Waals surface area contributed by atoms with Crippen LogP contribution >= 0.6 is 0 Å². The Morgan fingerprint density at radius 2 is 1.88 bits per heavy atom. The molecule has 6 nitrogen and oxygen atoms in total.